The Morgan fingerprint density at radius 1 is 1.18 bits per heavy atom. The van der Waals surface area contributed by atoms with Gasteiger partial charge >= 0.3 is 5.97 Å². The normalized spacial score (nSPS) is 10.4. The van der Waals surface area contributed by atoms with Gasteiger partial charge in [-0.15, -0.1) is 11.8 Å². The minimum Gasteiger partial charge on any atom is -0.458 e. The third-order valence-electron chi connectivity index (χ3n) is 2.99. The Kier molecular flexibility index (Phi) is 5.81. The van der Waals surface area contributed by atoms with E-state index in [0.717, 1.165) is 11.1 Å². The molecule has 0 aliphatic rings. The molecule has 0 bridgehead atoms. The van der Waals surface area contributed by atoms with Crippen LogP contribution in [0.4, 0.5) is 0 Å². The van der Waals surface area contributed by atoms with E-state index in [1.807, 2.05) is 36.6 Å². The van der Waals surface area contributed by atoms with Crippen LogP contribution in [-0.2, 0) is 16.1 Å². The van der Waals surface area contributed by atoms with E-state index < -0.39 is 5.97 Å². The molecule has 2 aromatic rings. The monoisotopic (exact) mass is 309 g/mol. The second kappa shape index (κ2) is 8.06. The first-order valence-corrected chi connectivity index (χ1v) is 7.91. The van der Waals surface area contributed by atoms with Gasteiger partial charge in [0.15, 0.2) is 0 Å². The molecule has 2 rings (SSSR count). The zero-order valence-electron chi connectivity index (χ0n) is 12.2. The fourth-order valence-corrected chi connectivity index (χ4v) is 2.17. The van der Waals surface area contributed by atoms with Crippen molar-refractivity contribution in [1.29, 1.82) is 5.26 Å². The van der Waals surface area contributed by atoms with Crippen molar-refractivity contribution in [3.63, 3.8) is 0 Å². The average molecular weight is 309 g/mol. The molecule has 110 valence electrons. The first-order valence-electron chi connectivity index (χ1n) is 6.69. The first-order chi connectivity index (χ1) is 10.7. The Bertz CT molecular complexity index is 697. The van der Waals surface area contributed by atoms with Crippen LogP contribution in [0, 0.1) is 11.3 Å². The number of hydrogen-bond acceptors (Lipinski definition) is 4. The van der Waals surface area contributed by atoms with Crippen molar-refractivity contribution in [3.05, 3.63) is 71.3 Å². The molecule has 0 aromatic heterocycles. The van der Waals surface area contributed by atoms with E-state index in [4.69, 9.17) is 10.00 Å². The topological polar surface area (TPSA) is 50.1 Å². The van der Waals surface area contributed by atoms with Gasteiger partial charge in [0.25, 0.3) is 0 Å². The summed E-state index contributed by atoms with van der Waals surface area (Å²) >= 11 is 1.67. The summed E-state index contributed by atoms with van der Waals surface area (Å²) in [5.74, 6) is -0.390. The number of thioether (sulfide) groups is 1. The third-order valence-corrected chi connectivity index (χ3v) is 3.74. The highest BCUT2D eigenvalue weighted by Gasteiger charge is 1.99. The first kappa shape index (κ1) is 15.9. The zero-order valence-corrected chi connectivity index (χ0v) is 13.0. The molecule has 0 saturated carbocycles. The van der Waals surface area contributed by atoms with E-state index in [1.165, 1.54) is 11.0 Å². The molecule has 0 heterocycles. The minimum atomic E-state index is -0.390. The van der Waals surface area contributed by atoms with Gasteiger partial charge < -0.3 is 4.74 Å². The van der Waals surface area contributed by atoms with E-state index in [9.17, 15) is 4.79 Å². The van der Waals surface area contributed by atoms with Crippen molar-refractivity contribution in [2.75, 3.05) is 6.26 Å². The Labute approximate surface area is 134 Å². The van der Waals surface area contributed by atoms with Gasteiger partial charge in [-0.3, -0.25) is 0 Å². The van der Waals surface area contributed by atoms with Crippen LogP contribution < -0.4 is 0 Å². The summed E-state index contributed by atoms with van der Waals surface area (Å²) in [4.78, 5) is 12.9. The SMILES string of the molecule is CSc1ccc(C=CC(=O)OCc2ccc(C#N)cc2)cc1. The number of benzene rings is 2. The maximum Gasteiger partial charge on any atom is 0.331 e. The van der Waals surface area contributed by atoms with Crippen molar-refractivity contribution in [2.24, 2.45) is 0 Å². The number of rotatable bonds is 5. The van der Waals surface area contributed by atoms with Crippen LogP contribution >= 0.6 is 11.8 Å². The number of ether oxygens (including phenoxy) is 1. The van der Waals surface area contributed by atoms with Gasteiger partial charge in [-0.2, -0.15) is 5.26 Å². The summed E-state index contributed by atoms with van der Waals surface area (Å²) < 4.78 is 5.16. The highest BCUT2D eigenvalue weighted by Crippen LogP contribution is 2.15. The quantitative estimate of drug-likeness (QED) is 0.475. The molecule has 0 fully saturated rings. The van der Waals surface area contributed by atoms with Crippen LogP contribution in [0.3, 0.4) is 0 Å². The Morgan fingerprint density at radius 2 is 1.86 bits per heavy atom. The number of esters is 1. The second-order valence-corrected chi connectivity index (χ2v) is 5.40. The fraction of sp³-hybridized carbons (Fsp3) is 0.111. The van der Waals surface area contributed by atoms with E-state index in [1.54, 1.807) is 42.1 Å². The molecular formula is C18H15NO2S. The molecule has 0 amide bonds. The van der Waals surface area contributed by atoms with Gasteiger partial charge in [0.2, 0.25) is 0 Å². The standard InChI is InChI=1S/C18H15NO2S/c1-22-17-9-6-14(7-10-17)8-11-18(20)21-13-16-4-2-15(12-19)3-5-16/h2-11H,13H2,1H3. The molecule has 0 aliphatic carbocycles. The predicted octanol–water partition coefficient (Wildman–Crippen LogP) is 4.04. The number of carbonyl (C=O) groups excluding carboxylic acids is 1. The van der Waals surface area contributed by atoms with Crippen molar-refractivity contribution in [1.82, 2.24) is 0 Å². The van der Waals surface area contributed by atoms with Gasteiger partial charge in [0.1, 0.15) is 6.61 Å². The lowest BCUT2D eigenvalue weighted by Crippen LogP contribution is -2.00. The van der Waals surface area contributed by atoms with Crippen LogP contribution in [0.15, 0.2) is 59.5 Å². The van der Waals surface area contributed by atoms with Crippen LogP contribution in [0.25, 0.3) is 6.08 Å². The van der Waals surface area contributed by atoms with Gasteiger partial charge in [-0.05, 0) is 47.7 Å². The molecule has 4 heteroatoms. The summed E-state index contributed by atoms with van der Waals surface area (Å²) in [5, 5.41) is 8.71. The van der Waals surface area contributed by atoms with Crippen LogP contribution in [-0.4, -0.2) is 12.2 Å². The van der Waals surface area contributed by atoms with E-state index in [-0.39, 0.29) is 6.61 Å². The van der Waals surface area contributed by atoms with Crippen molar-refractivity contribution >= 4 is 23.8 Å². The summed E-state index contributed by atoms with van der Waals surface area (Å²) in [5.41, 5.74) is 2.39. The van der Waals surface area contributed by atoms with Crippen molar-refractivity contribution < 1.29 is 9.53 Å². The van der Waals surface area contributed by atoms with Crippen LogP contribution in [0.2, 0.25) is 0 Å². The van der Waals surface area contributed by atoms with Gasteiger partial charge in [-0.25, -0.2) is 4.79 Å². The molecule has 0 radical (unpaired) electrons. The lowest BCUT2D eigenvalue weighted by Gasteiger charge is -2.02. The number of hydrogen-bond donors (Lipinski definition) is 0. The third kappa shape index (κ3) is 4.80. The second-order valence-electron chi connectivity index (χ2n) is 4.52. The molecule has 0 saturated heterocycles. The lowest BCUT2D eigenvalue weighted by atomic mass is 10.2. The molecule has 0 aliphatic heterocycles. The molecule has 2 aromatic carbocycles. The minimum absolute atomic E-state index is 0.195. The zero-order chi connectivity index (χ0) is 15.8. The van der Waals surface area contributed by atoms with Crippen LogP contribution in [0.5, 0.6) is 0 Å². The summed E-state index contributed by atoms with van der Waals surface area (Å²) in [6, 6.07) is 16.9. The summed E-state index contributed by atoms with van der Waals surface area (Å²) in [7, 11) is 0. The Hall–Kier alpha value is -2.51. The maximum absolute atomic E-state index is 11.7. The Balaban J connectivity index is 1.86. The summed E-state index contributed by atoms with van der Waals surface area (Å²) in [6.45, 7) is 0.195. The lowest BCUT2D eigenvalue weighted by molar-refractivity contribution is -0.138. The fourth-order valence-electron chi connectivity index (χ4n) is 1.76. The molecule has 0 spiro atoms. The largest absolute Gasteiger partial charge is 0.458 e. The van der Waals surface area contributed by atoms with Gasteiger partial charge in [-0.1, -0.05) is 24.3 Å². The molecule has 22 heavy (non-hydrogen) atoms. The van der Waals surface area contributed by atoms with E-state index in [2.05, 4.69) is 0 Å². The van der Waals surface area contributed by atoms with Crippen molar-refractivity contribution in [3.8, 4) is 6.07 Å². The van der Waals surface area contributed by atoms with Crippen molar-refractivity contribution in [2.45, 2.75) is 11.5 Å². The molecular weight excluding hydrogens is 294 g/mol. The van der Waals surface area contributed by atoms with Crippen LogP contribution in [0.1, 0.15) is 16.7 Å². The number of carbonyl (C=O) groups is 1. The van der Waals surface area contributed by atoms with Gasteiger partial charge in [0, 0.05) is 11.0 Å². The highest BCUT2D eigenvalue weighted by molar-refractivity contribution is 7.98. The number of nitriles is 1. The smallest absolute Gasteiger partial charge is 0.331 e. The molecule has 0 unspecified atom stereocenters. The van der Waals surface area contributed by atoms with E-state index >= 15 is 0 Å². The maximum atomic E-state index is 11.7. The predicted molar refractivity (Wildman–Crippen MR) is 88.2 cm³/mol. The highest BCUT2D eigenvalue weighted by atomic mass is 32.2. The molecule has 0 atom stereocenters. The Morgan fingerprint density at radius 3 is 2.45 bits per heavy atom. The van der Waals surface area contributed by atoms with E-state index in [0.29, 0.717) is 5.56 Å². The number of nitrogens with zero attached hydrogens (tertiary/aromatic N) is 1. The molecule has 3 nitrogen and oxygen atoms in total. The average Bonchev–Trinajstić information content (AvgIpc) is 2.59. The summed E-state index contributed by atoms with van der Waals surface area (Å²) in [6.07, 6.45) is 5.16. The molecule has 0 N–H and O–H groups in total. The van der Waals surface area contributed by atoms with Gasteiger partial charge in [0.05, 0.1) is 11.6 Å².